The van der Waals surface area contributed by atoms with Gasteiger partial charge in [-0.05, 0) is 36.3 Å². The van der Waals surface area contributed by atoms with Crippen molar-refractivity contribution in [1.82, 2.24) is 10.6 Å². The van der Waals surface area contributed by atoms with Crippen LogP contribution in [-0.2, 0) is 11.0 Å². The number of urea groups is 1. The van der Waals surface area contributed by atoms with Gasteiger partial charge >= 0.3 is 6.03 Å². The highest BCUT2D eigenvalue weighted by Gasteiger charge is 2.45. The van der Waals surface area contributed by atoms with E-state index in [1.807, 2.05) is 6.92 Å². The molecular weight excluding hydrogens is 236 g/mol. The van der Waals surface area contributed by atoms with Crippen LogP contribution < -0.4 is 10.6 Å². The van der Waals surface area contributed by atoms with E-state index in [1.165, 1.54) is 11.1 Å². The van der Waals surface area contributed by atoms with E-state index in [1.54, 1.807) is 0 Å². The highest BCUT2D eigenvalue weighted by Crippen LogP contribution is 2.45. The third-order valence-electron chi connectivity index (χ3n) is 3.74. The fraction of sp³-hybridized carbons (Fsp3) is 0.562. The highest BCUT2D eigenvalue weighted by atomic mass is 16.2. The highest BCUT2D eigenvalue weighted by molar-refractivity contribution is 5.75. The van der Waals surface area contributed by atoms with Gasteiger partial charge in [-0.3, -0.25) is 0 Å². The van der Waals surface area contributed by atoms with E-state index >= 15 is 0 Å². The molecule has 0 aromatic heterocycles. The van der Waals surface area contributed by atoms with Crippen molar-refractivity contribution in [3.05, 3.63) is 35.4 Å². The van der Waals surface area contributed by atoms with Crippen molar-refractivity contribution in [2.75, 3.05) is 6.54 Å². The molecule has 3 nitrogen and oxygen atoms in total. The third-order valence-corrected chi connectivity index (χ3v) is 3.74. The molecule has 0 radical (unpaired) electrons. The minimum absolute atomic E-state index is 0.0695. The van der Waals surface area contributed by atoms with Gasteiger partial charge in [-0.2, -0.15) is 0 Å². The van der Waals surface area contributed by atoms with Crippen LogP contribution in [-0.4, -0.2) is 12.6 Å². The van der Waals surface area contributed by atoms with Crippen molar-refractivity contribution in [3.63, 3.8) is 0 Å². The summed E-state index contributed by atoms with van der Waals surface area (Å²) in [6.45, 7) is 9.22. The quantitative estimate of drug-likeness (QED) is 0.860. The average Bonchev–Trinajstić information content (AvgIpc) is 3.09. The minimum Gasteiger partial charge on any atom is -0.338 e. The second kappa shape index (κ2) is 4.87. The molecule has 1 aromatic carbocycles. The number of rotatable bonds is 3. The Morgan fingerprint density at radius 3 is 2.21 bits per heavy atom. The van der Waals surface area contributed by atoms with Crippen molar-refractivity contribution in [2.24, 2.45) is 0 Å². The number of nitrogens with one attached hydrogen (secondary N) is 2. The van der Waals surface area contributed by atoms with Gasteiger partial charge in [0.1, 0.15) is 0 Å². The summed E-state index contributed by atoms with van der Waals surface area (Å²) in [5.41, 5.74) is 2.58. The van der Waals surface area contributed by atoms with Crippen LogP contribution in [0.4, 0.5) is 4.79 Å². The molecule has 2 amide bonds. The van der Waals surface area contributed by atoms with E-state index in [0.29, 0.717) is 6.54 Å². The standard InChI is InChI=1S/C16H24N2O/c1-5-17-14(19)18-16(10-11-16)13-8-6-12(7-9-13)15(2,3)4/h6-9H,5,10-11H2,1-4H3,(H2,17,18,19). The van der Waals surface area contributed by atoms with E-state index in [2.05, 4.69) is 55.7 Å². The maximum Gasteiger partial charge on any atom is 0.315 e. The SMILES string of the molecule is CCNC(=O)NC1(c2ccc(C(C)(C)C)cc2)CC1. The summed E-state index contributed by atoms with van der Waals surface area (Å²) in [6, 6.07) is 8.59. The van der Waals surface area contributed by atoms with E-state index in [0.717, 1.165) is 12.8 Å². The average molecular weight is 260 g/mol. The molecule has 3 heteroatoms. The van der Waals surface area contributed by atoms with Crippen molar-refractivity contribution >= 4 is 6.03 Å². The zero-order valence-electron chi connectivity index (χ0n) is 12.3. The molecule has 0 aliphatic heterocycles. The number of amides is 2. The second-order valence-electron chi connectivity index (χ2n) is 6.39. The Balaban J connectivity index is 2.12. The van der Waals surface area contributed by atoms with Crippen LogP contribution in [0.2, 0.25) is 0 Å². The molecule has 0 unspecified atom stereocenters. The van der Waals surface area contributed by atoms with Gasteiger partial charge < -0.3 is 10.6 Å². The maximum atomic E-state index is 11.7. The molecule has 104 valence electrons. The summed E-state index contributed by atoms with van der Waals surface area (Å²) in [5.74, 6) is 0. The Morgan fingerprint density at radius 1 is 1.21 bits per heavy atom. The zero-order chi connectivity index (χ0) is 14.1. The van der Waals surface area contributed by atoms with Gasteiger partial charge in [0.2, 0.25) is 0 Å². The second-order valence-corrected chi connectivity index (χ2v) is 6.39. The van der Waals surface area contributed by atoms with Crippen LogP contribution in [0.15, 0.2) is 24.3 Å². The molecule has 1 aliphatic rings. The van der Waals surface area contributed by atoms with Gasteiger partial charge in [0, 0.05) is 6.54 Å². The molecular formula is C16H24N2O. The van der Waals surface area contributed by atoms with Gasteiger partial charge in [-0.1, -0.05) is 45.0 Å². The first kappa shape index (κ1) is 13.9. The van der Waals surface area contributed by atoms with Crippen LogP contribution >= 0.6 is 0 Å². The first-order chi connectivity index (χ1) is 8.87. The smallest absolute Gasteiger partial charge is 0.315 e. The summed E-state index contributed by atoms with van der Waals surface area (Å²) < 4.78 is 0. The zero-order valence-corrected chi connectivity index (χ0v) is 12.3. The van der Waals surface area contributed by atoms with Gasteiger partial charge in [0.15, 0.2) is 0 Å². The molecule has 1 saturated carbocycles. The van der Waals surface area contributed by atoms with Crippen LogP contribution in [0.1, 0.15) is 51.7 Å². The largest absolute Gasteiger partial charge is 0.338 e. The lowest BCUT2D eigenvalue weighted by molar-refractivity contribution is 0.236. The molecule has 0 atom stereocenters. The van der Waals surface area contributed by atoms with Crippen LogP contribution in [0.3, 0.4) is 0 Å². The Bertz CT molecular complexity index is 453. The van der Waals surface area contributed by atoms with Gasteiger partial charge in [0.05, 0.1) is 5.54 Å². The van der Waals surface area contributed by atoms with Crippen LogP contribution in [0.5, 0.6) is 0 Å². The molecule has 2 N–H and O–H groups in total. The van der Waals surface area contributed by atoms with E-state index < -0.39 is 0 Å². The maximum absolute atomic E-state index is 11.7. The van der Waals surface area contributed by atoms with Gasteiger partial charge in [-0.15, -0.1) is 0 Å². The number of carbonyl (C=O) groups is 1. The molecule has 0 spiro atoms. The fourth-order valence-corrected chi connectivity index (χ4v) is 2.32. The molecule has 1 aromatic rings. The normalized spacial score (nSPS) is 16.8. The van der Waals surface area contributed by atoms with Crippen molar-refractivity contribution in [3.8, 4) is 0 Å². The Hall–Kier alpha value is -1.51. The summed E-state index contributed by atoms with van der Waals surface area (Å²) in [6.07, 6.45) is 2.05. The van der Waals surface area contributed by atoms with Crippen molar-refractivity contribution in [1.29, 1.82) is 0 Å². The van der Waals surface area contributed by atoms with Crippen LogP contribution in [0, 0.1) is 0 Å². The van der Waals surface area contributed by atoms with Gasteiger partial charge in [0.25, 0.3) is 0 Å². The molecule has 1 fully saturated rings. The first-order valence-electron chi connectivity index (χ1n) is 7.04. The third kappa shape index (κ3) is 3.09. The number of hydrogen-bond acceptors (Lipinski definition) is 1. The first-order valence-corrected chi connectivity index (χ1v) is 7.04. The fourth-order valence-electron chi connectivity index (χ4n) is 2.32. The predicted molar refractivity (Wildman–Crippen MR) is 78.3 cm³/mol. The van der Waals surface area contributed by atoms with Gasteiger partial charge in [-0.25, -0.2) is 4.79 Å². The number of benzene rings is 1. The van der Waals surface area contributed by atoms with E-state index in [4.69, 9.17) is 0 Å². The number of carbonyl (C=O) groups excluding carboxylic acids is 1. The van der Waals surface area contributed by atoms with Crippen molar-refractivity contribution < 1.29 is 4.79 Å². The Kier molecular flexibility index (Phi) is 3.57. The molecule has 2 rings (SSSR count). The predicted octanol–water partition coefficient (Wildman–Crippen LogP) is 3.29. The molecule has 1 aliphatic carbocycles. The Morgan fingerprint density at radius 2 is 1.79 bits per heavy atom. The molecule has 0 heterocycles. The van der Waals surface area contributed by atoms with E-state index in [-0.39, 0.29) is 17.0 Å². The number of hydrogen-bond donors (Lipinski definition) is 2. The van der Waals surface area contributed by atoms with Crippen molar-refractivity contribution in [2.45, 2.75) is 51.5 Å². The van der Waals surface area contributed by atoms with Crippen LogP contribution in [0.25, 0.3) is 0 Å². The summed E-state index contributed by atoms with van der Waals surface area (Å²) in [5, 5.41) is 5.89. The molecule has 0 saturated heterocycles. The Labute approximate surface area is 115 Å². The lowest BCUT2D eigenvalue weighted by Crippen LogP contribution is -2.42. The summed E-state index contributed by atoms with van der Waals surface area (Å²) >= 11 is 0. The molecule has 19 heavy (non-hydrogen) atoms. The summed E-state index contributed by atoms with van der Waals surface area (Å²) in [7, 11) is 0. The lowest BCUT2D eigenvalue weighted by atomic mass is 9.86. The minimum atomic E-state index is -0.129. The summed E-state index contributed by atoms with van der Waals surface area (Å²) in [4.78, 5) is 11.7. The monoisotopic (exact) mass is 260 g/mol. The lowest BCUT2D eigenvalue weighted by Gasteiger charge is -2.22. The van der Waals surface area contributed by atoms with E-state index in [9.17, 15) is 4.79 Å². The molecule has 0 bridgehead atoms. The topological polar surface area (TPSA) is 41.1 Å².